The van der Waals surface area contributed by atoms with Crippen molar-refractivity contribution in [2.45, 2.75) is 25.4 Å². The van der Waals surface area contributed by atoms with E-state index in [1.165, 1.54) is 0 Å². The fourth-order valence-corrected chi connectivity index (χ4v) is 5.15. The van der Waals surface area contributed by atoms with Gasteiger partial charge in [0.25, 0.3) is 0 Å². The Morgan fingerprint density at radius 3 is 2.91 bits per heavy atom. The average Bonchev–Trinajstić information content (AvgIpc) is 3.48. The summed E-state index contributed by atoms with van der Waals surface area (Å²) in [5, 5.41) is 2.01. The first-order valence-corrected chi connectivity index (χ1v) is 11.8. The Morgan fingerprint density at radius 1 is 1.11 bits per heavy atom. The van der Waals surface area contributed by atoms with Crippen molar-refractivity contribution in [3.8, 4) is 11.5 Å². The van der Waals surface area contributed by atoms with Gasteiger partial charge in [-0.25, -0.2) is 9.83 Å². The summed E-state index contributed by atoms with van der Waals surface area (Å²) in [6.45, 7) is 9.69. The number of hydrogen-bond donors (Lipinski definition) is 0. The Balaban J connectivity index is 1.49. The van der Waals surface area contributed by atoms with Crippen LogP contribution in [0.3, 0.4) is 0 Å². The van der Waals surface area contributed by atoms with Crippen molar-refractivity contribution in [1.29, 1.82) is 0 Å². The second-order valence-electron chi connectivity index (χ2n) is 9.21. The molecule has 1 atom stereocenters. The molecular formula is C28H25N5O2. The second kappa shape index (κ2) is 8.57. The molecule has 4 aromatic rings. The SMILES string of the molecule is [C-]#[N+]c1ccc2cc1Oc1ccc3cccc(c3c1)N1CC[C@@H](C1=O)N(C)CCc1cncn1C2. The molecule has 1 saturated heterocycles. The smallest absolute Gasteiger partial charge is 0.244 e. The number of ether oxygens (including phenoxy) is 1. The Morgan fingerprint density at radius 2 is 2.03 bits per heavy atom. The molecule has 6 bridgehead atoms. The Hall–Kier alpha value is -4.15. The van der Waals surface area contributed by atoms with Gasteiger partial charge in [-0.2, -0.15) is 0 Å². The third-order valence-corrected chi connectivity index (χ3v) is 7.08. The zero-order chi connectivity index (χ0) is 23.9. The topological polar surface area (TPSA) is 55.0 Å². The van der Waals surface area contributed by atoms with Crippen LogP contribution in [0.4, 0.5) is 11.4 Å². The van der Waals surface area contributed by atoms with E-state index in [2.05, 4.69) is 19.3 Å². The predicted molar refractivity (Wildman–Crippen MR) is 135 cm³/mol. The monoisotopic (exact) mass is 463 g/mol. The zero-order valence-electron chi connectivity index (χ0n) is 19.5. The molecule has 0 radical (unpaired) electrons. The molecule has 3 heterocycles. The van der Waals surface area contributed by atoms with Crippen LogP contribution in [0.25, 0.3) is 15.6 Å². The summed E-state index contributed by atoms with van der Waals surface area (Å²) in [7, 11) is 2.03. The van der Waals surface area contributed by atoms with Gasteiger partial charge >= 0.3 is 0 Å². The summed E-state index contributed by atoms with van der Waals surface area (Å²) in [5.41, 5.74) is 3.50. The number of likely N-dealkylation sites (N-methyl/N-ethyl adjacent to an activating group) is 1. The van der Waals surface area contributed by atoms with Gasteiger partial charge in [-0.15, -0.1) is 0 Å². The van der Waals surface area contributed by atoms with E-state index in [0.29, 0.717) is 30.3 Å². The number of anilines is 1. The lowest BCUT2D eigenvalue weighted by atomic mass is 10.1. The summed E-state index contributed by atoms with van der Waals surface area (Å²) in [5.74, 6) is 1.29. The van der Waals surface area contributed by atoms with E-state index < -0.39 is 0 Å². The van der Waals surface area contributed by atoms with Crippen LogP contribution in [0.2, 0.25) is 0 Å². The van der Waals surface area contributed by atoms with Crippen molar-refractivity contribution < 1.29 is 9.53 Å². The van der Waals surface area contributed by atoms with Crippen LogP contribution in [0, 0.1) is 6.57 Å². The summed E-state index contributed by atoms with van der Waals surface area (Å²) >= 11 is 0. The largest absolute Gasteiger partial charge is 0.468 e. The van der Waals surface area contributed by atoms with Crippen LogP contribution < -0.4 is 9.64 Å². The van der Waals surface area contributed by atoms with Crippen LogP contribution >= 0.6 is 0 Å². The number of carbonyl (C=O) groups is 1. The zero-order valence-corrected chi connectivity index (χ0v) is 19.5. The lowest BCUT2D eigenvalue weighted by Crippen LogP contribution is -2.40. The van der Waals surface area contributed by atoms with Crippen molar-refractivity contribution in [2.75, 3.05) is 25.0 Å². The van der Waals surface area contributed by atoms with E-state index in [4.69, 9.17) is 11.3 Å². The van der Waals surface area contributed by atoms with Gasteiger partial charge in [0.15, 0.2) is 0 Å². The minimum absolute atomic E-state index is 0.131. The molecule has 0 aliphatic carbocycles. The number of amides is 1. The molecule has 1 fully saturated rings. The third-order valence-electron chi connectivity index (χ3n) is 7.08. The highest BCUT2D eigenvalue weighted by molar-refractivity contribution is 6.07. The van der Waals surface area contributed by atoms with Gasteiger partial charge < -0.3 is 14.2 Å². The van der Waals surface area contributed by atoms with Gasteiger partial charge in [0, 0.05) is 43.3 Å². The molecule has 0 spiro atoms. The standard InChI is InChI=1S/C28H25N5O2/c1-29-24-9-6-19-14-27(24)35-22-8-7-20-4-3-5-25(23(20)15-22)33-13-11-26(28(33)34)31(2)12-10-21-16-30-18-32(21)17-19/h3-9,14-16,18,26H,10-13,17H2,2H3/t26-/m0/s1. The van der Waals surface area contributed by atoms with Crippen LogP contribution in [0.5, 0.6) is 11.5 Å². The summed E-state index contributed by atoms with van der Waals surface area (Å²) in [6, 6.07) is 17.5. The number of nitrogens with zero attached hydrogens (tertiary/aromatic N) is 5. The summed E-state index contributed by atoms with van der Waals surface area (Å²) in [4.78, 5) is 25.6. The van der Waals surface area contributed by atoms with Crippen LogP contribution in [-0.2, 0) is 17.8 Å². The number of imidazole rings is 1. The van der Waals surface area contributed by atoms with Crippen molar-refractivity contribution >= 4 is 28.1 Å². The van der Waals surface area contributed by atoms with Gasteiger partial charge in [-0.1, -0.05) is 30.3 Å². The maximum absolute atomic E-state index is 13.5. The Labute approximate surface area is 204 Å². The molecule has 0 saturated carbocycles. The number of carbonyl (C=O) groups excluding carboxylic acids is 1. The fraction of sp³-hybridized carbons (Fsp3) is 0.250. The van der Waals surface area contributed by atoms with Crippen molar-refractivity contribution in [3.05, 3.63) is 89.8 Å². The molecule has 2 aliphatic heterocycles. The number of aromatic nitrogens is 2. The number of fused-ring (bicyclic) bond motifs is 7. The fourth-order valence-electron chi connectivity index (χ4n) is 5.15. The molecule has 1 amide bonds. The molecule has 1 aromatic heterocycles. The first-order chi connectivity index (χ1) is 17.1. The molecule has 0 unspecified atom stereocenters. The molecule has 7 nitrogen and oxygen atoms in total. The number of benzene rings is 3. The van der Waals surface area contributed by atoms with E-state index >= 15 is 0 Å². The van der Waals surface area contributed by atoms with Crippen LogP contribution in [0.1, 0.15) is 17.7 Å². The molecule has 3 aromatic carbocycles. The highest BCUT2D eigenvalue weighted by Crippen LogP contribution is 2.37. The van der Waals surface area contributed by atoms with E-state index in [-0.39, 0.29) is 11.9 Å². The lowest BCUT2D eigenvalue weighted by Gasteiger charge is -2.24. The molecule has 2 aliphatic rings. The Bertz CT molecular complexity index is 1480. The van der Waals surface area contributed by atoms with Gasteiger partial charge in [-0.05, 0) is 48.7 Å². The van der Waals surface area contributed by atoms with Crippen LogP contribution in [0.15, 0.2) is 67.1 Å². The minimum Gasteiger partial charge on any atom is -0.468 e. The van der Waals surface area contributed by atoms with E-state index in [1.54, 1.807) is 0 Å². The summed E-state index contributed by atoms with van der Waals surface area (Å²) < 4.78 is 8.39. The second-order valence-corrected chi connectivity index (χ2v) is 9.21. The minimum atomic E-state index is -0.145. The maximum atomic E-state index is 13.5. The predicted octanol–water partition coefficient (Wildman–Crippen LogP) is 5.02. The molecule has 7 heteroatoms. The van der Waals surface area contributed by atoms with Crippen molar-refractivity contribution in [1.82, 2.24) is 14.5 Å². The quantitative estimate of drug-likeness (QED) is 0.344. The highest BCUT2D eigenvalue weighted by Gasteiger charge is 2.35. The number of rotatable bonds is 0. The number of hydrogen-bond acceptors (Lipinski definition) is 4. The lowest BCUT2D eigenvalue weighted by molar-refractivity contribution is -0.121. The average molecular weight is 464 g/mol. The van der Waals surface area contributed by atoms with Gasteiger partial charge in [0.1, 0.15) is 11.5 Å². The van der Waals surface area contributed by atoms with Crippen LogP contribution in [-0.4, -0.2) is 46.5 Å². The first-order valence-electron chi connectivity index (χ1n) is 11.8. The normalized spacial score (nSPS) is 18.2. The molecule has 0 N–H and O–H groups in total. The summed E-state index contributed by atoms with van der Waals surface area (Å²) in [6.07, 6.45) is 5.31. The molecule has 35 heavy (non-hydrogen) atoms. The molecule has 174 valence electrons. The van der Waals surface area contributed by atoms with Crippen molar-refractivity contribution in [3.63, 3.8) is 0 Å². The van der Waals surface area contributed by atoms with Gasteiger partial charge in [-0.3, -0.25) is 9.69 Å². The highest BCUT2D eigenvalue weighted by atomic mass is 16.5. The van der Waals surface area contributed by atoms with E-state index in [0.717, 1.165) is 47.1 Å². The third kappa shape index (κ3) is 3.82. The maximum Gasteiger partial charge on any atom is 0.244 e. The van der Waals surface area contributed by atoms with E-state index in [1.807, 2.05) is 79.1 Å². The van der Waals surface area contributed by atoms with Gasteiger partial charge in [0.05, 0.1) is 24.6 Å². The van der Waals surface area contributed by atoms with E-state index in [9.17, 15) is 4.79 Å². The van der Waals surface area contributed by atoms with Gasteiger partial charge in [0.2, 0.25) is 11.6 Å². The van der Waals surface area contributed by atoms with Crippen molar-refractivity contribution in [2.24, 2.45) is 0 Å². The Kier molecular flexibility index (Phi) is 5.24. The molecule has 6 rings (SSSR count). The first kappa shape index (κ1) is 21.4. The molecular weight excluding hydrogens is 438 g/mol.